The lowest BCUT2D eigenvalue weighted by atomic mass is 10.2. The van der Waals surface area contributed by atoms with Crippen LogP contribution >= 0.6 is 11.3 Å². The van der Waals surface area contributed by atoms with Crippen molar-refractivity contribution in [1.29, 1.82) is 0 Å². The third kappa shape index (κ3) is 4.63. The number of nitrogens with one attached hydrogen (secondary N) is 1. The average Bonchev–Trinajstić information content (AvgIpc) is 2.77. The first-order chi connectivity index (χ1) is 7.67. The first kappa shape index (κ1) is 13.7. The first-order valence-corrected chi connectivity index (χ1v) is 8.06. The zero-order valence-electron chi connectivity index (χ0n) is 9.61. The Labute approximate surface area is 102 Å². The number of hydrogen-bond acceptors (Lipinski definition) is 3. The van der Waals surface area contributed by atoms with E-state index in [4.69, 9.17) is 0 Å². The molecule has 1 heterocycles. The topological polar surface area (TPSA) is 46.2 Å². The lowest BCUT2D eigenvalue weighted by Crippen LogP contribution is -2.23. The van der Waals surface area contributed by atoms with Crippen LogP contribution in [0.25, 0.3) is 0 Å². The summed E-state index contributed by atoms with van der Waals surface area (Å²) in [4.78, 5) is 0. The van der Waals surface area contributed by atoms with Crippen LogP contribution in [0, 0.1) is 0 Å². The molecule has 0 amide bonds. The normalized spacial score (nSPS) is 11.8. The lowest BCUT2D eigenvalue weighted by molar-refractivity contribution is 0.572. The minimum Gasteiger partial charge on any atom is -0.210 e. The van der Waals surface area contributed by atoms with E-state index in [-0.39, 0.29) is 0 Å². The summed E-state index contributed by atoms with van der Waals surface area (Å²) in [5, 5.41) is 1.77. The monoisotopic (exact) mass is 261 g/mol. The van der Waals surface area contributed by atoms with Crippen molar-refractivity contribution in [3.63, 3.8) is 0 Å². The van der Waals surface area contributed by atoms with Gasteiger partial charge in [0.05, 0.1) is 0 Å². The van der Waals surface area contributed by atoms with E-state index < -0.39 is 10.0 Å². The molecule has 0 aliphatic carbocycles. The maximum absolute atomic E-state index is 11.7. The Bertz CT molecular complexity index is 371. The molecule has 0 aliphatic rings. The van der Waals surface area contributed by atoms with Gasteiger partial charge in [-0.15, -0.1) is 11.3 Å². The SMILES string of the molecule is CCCCCCCNS(=O)(=O)c1cccs1. The molecule has 0 aliphatic heterocycles. The third-order valence-corrected chi connectivity index (χ3v) is 5.19. The molecule has 0 spiro atoms. The van der Waals surface area contributed by atoms with Crippen LogP contribution < -0.4 is 4.72 Å². The molecular weight excluding hydrogens is 242 g/mol. The summed E-state index contributed by atoms with van der Waals surface area (Å²) in [5.41, 5.74) is 0. The highest BCUT2D eigenvalue weighted by atomic mass is 32.2. The highest BCUT2D eigenvalue weighted by Gasteiger charge is 2.13. The molecule has 0 aromatic carbocycles. The molecule has 16 heavy (non-hydrogen) atoms. The molecule has 1 aromatic heterocycles. The molecule has 5 heteroatoms. The second kappa shape index (κ2) is 7.04. The van der Waals surface area contributed by atoms with Crippen molar-refractivity contribution in [1.82, 2.24) is 4.72 Å². The predicted octanol–water partition coefficient (Wildman–Crippen LogP) is 3.00. The van der Waals surface area contributed by atoms with Gasteiger partial charge in [0.15, 0.2) is 0 Å². The van der Waals surface area contributed by atoms with Gasteiger partial charge in [-0.1, -0.05) is 38.7 Å². The van der Waals surface area contributed by atoms with Crippen LogP contribution in [-0.4, -0.2) is 15.0 Å². The highest BCUT2D eigenvalue weighted by molar-refractivity contribution is 7.91. The second-order valence-corrected chi connectivity index (χ2v) is 6.69. The number of hydrogen-bond donors (Lipinski definition) is 1. The maximum atomic E-state index is 11.7. The van der Waals surface area contributed by atoms with E-state index in [0.717, 1.165) is 12.8 Å². The number of unbranched alkanes of at least 4 members (excludes halogenated alkanes) is 4. The van der Waals surface area contributed by atoms with E-state index in [1.807, 2.05) is 0 Å². The zero-order valence-corrected chi connectivity index (χ0v) is 11.2. The smallest absolute Gasteiger partial charge is 0.210 e. The van der Waals surface area contributed by atoms with Crippen molar-refractivity contribution in [2.45, 2.75) is 43.2 Å². The van der Waals surface area contributed by atoms with Gasteiger partial charge in [-0.2, -0.15) is 0 Å². The molecule has 1 rings (SSSR count). The van der Waals surface area contributed by atoms with E-state index in [1.54, 1.807) is 17.5 Å². The summed E-state index contributed by atoms with van der Waals surface area (Å²) in [6, 6.07) is 3.38. The highest BCUT2D eigenvalue weighted by Crippen LogP contribution is 2.15. The fourth-order valence-electron chi connectivity index (χ4n) is 1.42. The van der Waals surface area contributed by atoms with Crippen molar-refractivity contribution in [3.8, 4) is 0 Å². The maximum Gasteiger partial charge on any atom is 0.250 e. The van der Waals surface area contributed by atoms with Crippen molar-refractivity contribution >= 4 is 21.4 Å². The number of sulfonamides is 1. The van der Waals surface area contributed by atoms with Gasteiger partial charge >= 0.3 is 0 Å². The van der Waals surface area contributed by atoms with Gasteiger partial charge in [-0.3, -0.25) is 0 Å². The van der Waals surface area contributed by atoms with Crippen molar-refractivity contribution < 1.29 is 8.42 Å². The molecule has 0 saturated carbocycles. The number of rotatable bonds is 8. The summed E-state index contributed by atoms with van der Waals surface area (Å²) >= 11 is 1.25. The predicted molar refractivity (Wildman–Crippen MR) is 68.3 cm³/mol. The van der Waals surface area contributed by atoms with Crippen LogP contribution in [0.5, 0.6) is 0 Å². The Morgan fingerprint density at radius 2 is 2.00 bits per heavy atom. The standard InChI is InChI=1S/C11H19NO2S2/c1-2-3-4-5-6-9-12-16(13,14)11-8-7-10-15-11/h7-8,10,12H,2-6,9H2,1H3. The fraction of sp³-hybridized carbons (Fsp3) is 0.636. The molecule has 0 bridgehead atoms. The van der Waals surface area contributed by atoms with E-state index >= 15 is 0 Å². The van der Waals surface area contributed by atoms with E-state index in [0.29, 0.717) is 10.8 Å². The molecule has 0 atom stereocenters. The Kier molecular flexibility index (Phi) is 6.01. The van der Waals surface area contributed by atoms with Crippen LogP contribution in [0.15, 0.2) is 21.7 Å². The van der Waals surface area contributed by atoms with Gasteiger partial charge in [0.2, 0.25) is 10.0 Å². The van der Waals surface area contributed by atoms with Crippen molar-refractivity contribution in [3.05, 3.63) is 17.5 Å². The van der Waals surface area contributed by atoms with Gasteiger partial charge < -0.3 is 0 Å². The Morgan fingerprint density at radius 3 is 2.62 bits per heavy atom. The average molecular weight is 261 g/mol. The lowest BCUT2D eigenvalue weighted by Gasteiger charge is -2.04. The third-order valence-electron chi connectivity index (χ3n) is 2.33. The second-order valence-electron chi connectivity index (χ2n) is 3.74. The Morgan fingerprint density at radius 1 is 1.25 bits per heavy atom. The van der Waals surface area contributed by atoms with Gasteiger partial charge in [0.25, 0.3) is 0 Å². The van der Waals surface area contributed by atoms with Crippen LogP contribution in [0.4, 0.5) is 0 Å². The van der Waals surface area contributed by atoms with E-state index in [1.165, 1.54) is 30.6 Å². The van der Waals surface area contributed by atoms with Gasteiger partial charge in [-0.05, 0) is 17.9 Å². The van der Waals surface area contributed by atoms with Crippen LogP contribution in [0.3, 0.4) is 0 Å². The summed E-state index contributed by atoms with van der Waals surface area (Å²) in [6.45, 7) is 2.71. The minimum absolute atomic E-state index is 0.404. The molecule has 0 unspecified atom stereocenters. The minimum atomic E-state index is -3.24. The van der Waals surface area contributed by atoms with E-state index in [2.05, 4.69) is 11.6 Å². The van der Waals surface area contributed by atoms with Crippen LogP contribution in [0.2, 0.25) is 0 Å². The van der Waals surface area contributed by atoms with Crippen LogP contribution in [0.1, 0.15) is 39.0 Å². The van der Waals surface area contributed by atoms with E-state index in [9.17, 15) is 8.42 Å². The Hall–Kier alpha value is -0.390. The molecule has 0 radical (unpaired) electrons. The van der Waals surface area contributed by atoms with Crippen molar-refractivity contribution in [2.75, 3.05) is 6.54 Å². The molecule has 1 N–H and O–H groups in total. The molecular formula is C11H19NO2S2. The summed E-state index contributed by atoms with van der Waals surface area (Å²) in [6.07, 6.45) is 5.65. The molecule has 3 nitrogen and oxygen atoms in total. The van der Waals surface area contributed by atoms with Crippen molar-refractivity contribution in [2.24, 2.45) is 0 Å². The van der Waals surface area contributed by atoms with Gasteiger partial charge in [0, 0.05) is 6.54 Å². The Balaban J connectivity index is 2.22. The zero-order chi connectivity index (χ0) is 11.9. The largest absolute Gasteiger partial charge is 0.250 e. The van der Waals surface area contributed by atoms with Gasteiger partial charge in [0.1, 0.15) is 4.21 Å². The first-order valence-electron chi connectivity index (χ1n) is 5.70. The summed E-state index contributed by atoms with van der Waals surface area (Å²) < 4.78 is 26.4. The summed E-state index contributed by atoms with van der Waals surface area (Å²) in [5.74, 6) is 0. The fourth-order valence-corrected chi connectivity index (χ4v) is 3.53. The number of thiophene rings is 1. The molecule has 0 fully saturated rings. The molecule has 92 valence electrons. The molecule has 0 saturated heterocycles. The van der Waals surface area contributed by atoms with Gasteiger partial charge in [-0.25, -0.2) is 13.1 Å². The summed E-state index contributed by atoms with van der Waals surface area (Å²) in [7, 11) is -3.24. The quantitative estimate of drug-likeness (QED) is 0.731. The molecule has 1 aromatic rings. The van der Waals surface area contributed by atoms with Crippen LogP contribution in [-0.2, 0) is 10.0 Å².